The van der Waals surface area contributed by atoms with Crippen molar-refractivity contribution in [3.05, 3.63) is 0 Å². The van der Waals surface area contributed by atoms with Crippen LogP contribution in [0.15, 0.2) is 0 Å². The summed E-state index contributed by atoms with van der Waals surface area (Å²) >= 11 is 0. The van der Waals surface area contributed by atoms with Gasteiger partial charge < -0.3 is 4.74 Å². The van der Waals surface area contributed by atoms with Gasteiger partial charge in [-0.2, -0.15) is 0 Å². The number of hydrogen-bond donors (Lipinski definition) is 0. The van der Waals surface area contributed by atoms with Crippen molar-refractivity contribution in [1.82, 2.24) is 0 Å². The third-order valence-corrected chi connectivity index (χ3v) is 6.36. The number of esters is 1. The second-order valence-corrected chi connectivity index (χ2v) is 8.87. The molecule has 3 heteroatoms. The molecule has 0 amide bonds. The van der Waals surface area contributed by atoms with Crippen LogP contribution in [-0.4, -0.2) is 36.5 Å². The second kappa shape index (κ2) is 22.9. The molecule has 0 aromatic heterocycles. The monoisotopic (exact) mass is 518 g/mol. The van der Waals surface area contributed by atoms with Crippen molar-refractivity contribution < 1.29 is 9.53 Å². The molecule has 0 aliphatic rings. The van der Waals surface area contributed by atoms with E-state index in [1.165, 1.54) is 96.3 Å². The fraction of sp³-hybridized carbons (Fsp3) is 0.962. The molecule has 29 heavy (non-hydrogen) atoms. The Labute approximate surface area is 200 Å². The summed E-state index contributed by atoms with van der Waals surface area (Å²) in [7, 11) is 0. The summed E-state index contributed by atoms with van der Waals surface area (Å²) in [4.78, 5) is 13.0. The molecule has 0 heterocycles. The van der Waals surface area contributed by atoms with Gasteiger partial charge in [-0.05, 0) is 25.7 Å². The Kier molecular flexibility index (Phi) is 24.9. The Morgan fingerprint density at radius 2 is 0.966 bits per heavy atom. The molecule has 0 saturated carbocycles. The quantitative estimate of drug-likeness (QED) is 0.0874. The fourth-order valence-corrected chi connectivity index (χ4v) is 4.16. The number of hydrogen-bond acceptors (Lipinski definition) is 2. The number of carbonyl (C=O) groups excluding carboxylic acids is 1. The predicted molar refractivity (Wildman–Crippen MR) is 132 cm³/mol. The molecule has 0 aliphatic heterocycles. The average molecular weight is 517 g/mol. The number of ether oxygens (including phenoxy) is 1. The van der Waals surface area contributed by atoms with E-state index >= 15 is 0 Å². The molecule has 0 aromatic rings. The Morgan fingerprint density at radius 1 is 0.586 bits per heavy atom. The molecular formula is C26H54O2Sn. The molecule has 0 unspecified atom stereocenters. The van der Waals surface area contributed by atoms with Crippen LogP contribution in [0.5, 0.6) is 0 Å². The summed E-state index contributed by atoms with van der Waals surface area (Å²) in [6, 6.07) is 0. The predicted octanol–water partition coefficient (Wildman–Crippen LogP) is 8.09. The first-order valence-corrected chi connectivity index (χ1v) is 12.8. The van der Waals surface area contributed by atoms with E-state index in [1.807, 2.05) is 0 Å². The summed E-state index contributed by atoms with van der Waals surface area (Å²) < 4.78 is 5.80. The van der Waals surface area contributed by atoms with Crippen molar-refractivity contribution in [2.75, 3.05) is 6.61 Å². The van der Waals surface area contributed by atoms with Gasteiger partial charge in [0, 0.05) is 0 Å². The van der Waals surface area contributed by atoms with Gasteiger partial charge >= 0.3 is 29.9 Å². The van der Waals surface area contributed by atoms with Crippen LogP contribution in [0.1, 0.15) is 150 Å². The maximum atomic E-state index is 13.0. The topological polar surface area (TPSA) is 26.3 Å². The van der Waals surface area contributed by atoms with Crippen LogP contribution in [0, 0.1) is 5.41 Å². The van der Waals surface area contributed by atoms with Gasteiger partial charge in [-0.15, -0.1) is 0 Å². The van der Waals surface area contributed by atoms with Crippen LogP contribution in [0.3, 0.4) is 0 Å². The maximum absolute atomic E-state index is 13.0. The van der Waals surface area contributed by atoms with Gasteiger partial charge in [0.05, 0.1) is 12.0 Å². The standard InChI is InChI=1S/C26H52O2.Sn.2H/c1-5-9-12-15-17-19-22-26(8-4,23-20-18-16-13-10-6-2)25(27)28-24-21-14-11-7-3;;;/h5-24H2,1-4H3;;;. The normalized spacial score (nSPS) is 11.3. The van der Waals surface area contributed by atoms with Crippen LogP contribution in [0.4, 0.5) is 0 Å². The second-order valence-electron chi connectivity index (χ2n) is 8.87. The summed E-state index contributed by atoms with van der Waals surface area (Å²) in [5, 5.41) is 0. The summed E-state index contributed by atoms with van der Waals surface area (Å²) in [5.74, 6) is 0.105. The van der Waals surface area contributed by atoms with Gasteiger partial charge in [0.25, 0.3) is 0 Å². The summed E-state index contributed by atoms with van der Waals surface area (Å²) in [6.07, 6.45) is 23.1. The van der Waals surface area contributed by atoms with E-state index in [4.69, 9.17) is 4.74 Å². The first-order chi connectivity index (χ1) is 13.7. The van der Waals surface area contributed by atoms with Crippen molar-refractivity contribution in [2.45, 2.75) is 150 Å². The van der Waals surface area contributed by atoms with Gasteiger partial charge in [0.1, 0.15) is 0 Å². The molecule has 0 saturated heterocycles. The van der Waals surface area contributed by atoms with Gasteiger partial charge in [0.15, 0.2) is 0 Å². The Morgan fingerprint density at radius 3 is 1.38 bits per heavy atom. The van der Waals surface area contributed by atoms with Crippen LogP contribution in [0.2, 0.25) is 0 Å². The molecule has 0 N–H and O–H groups in total. The third kappa shape index (κ3) is 16.6. The van der Waals surface area contributed by atoms with Crippen LogP contribution < -0.4 is 0 Å². The van der Waals surface area contributed by atoms with Crippen molar-refractivity contribution in [1.29, 1.82) is 0 Å². The van der Waals surface area contributed by atoms with Gasteiger partial charge in [-0.3, -0.25) is 4.79 Å². The first-order valence-electron chi connectivity index (χ1n) is 12.8. The fourth-order valence-electron chi connectivity index (χ4n) is 4.16. The van der Waals surface area contributed by atoms with Crippen molar-refractivity contribution in [3.63, 3.8) is 0 Å². The van der Waals surface area contributed by atoms with E-state index in [0.717, 1.165) is 25.7 Å². The van der Waals surface area contributed by atoms with Gasteiger partial charge in [-0.25, -0.2) is 0 Å². The Bertz CT molecular complexity index is 328. The molecule has 0 bridgehead atoms. The Hall–Kier alpha value is 0.269. The SMILES string of the molecule is CCCCCCCCC(CC)(CCCCCCCC)C(=O)OCCCCCC.[SnH2]. The molecule has 0 aromatic carbocycles. The number of carbonyl (C=O) groups is 1. The molecule has 0 rings (SSSR count). The van der Waals surface area contributed by atoms with E-state index in [9.17, 15) is 4.79 Å². The minimum atomic E-state index is -0.222. The number of unbranched alkanes of at least 4 members (excludes halogenated alkanes) is 13. The molecule has 0 fully saturated rings. The molecule has 2 nitrogen and oxygen atoms in total. The number of rotatable bonds is 21. The molecule has 0 spiro atoms. The third-order valence-electron chi connectivity index (χ3n) is 6.36. The van der Waals surface area contributed by atoms with E-state index in [0.29, 0.717) is 6.61 Å². The van der Waals surface area contributed by atoms with Crippen molar-refractivity contribution in [2.24, 2.45) is 5.41 Å². The minimum absolute atomic E-state index is 0. The molecule has 2 radical (unpaired) electrons. The van der Waals surface area contributed by atoms with Gasteiger partial charge in [-0.1, -0.05) is 124 Å². The van der Waals surface area contributed by atoms with Crippen molar-refractivity contribution in [3.8, 4) is 0 Å². The zero-order valence-electron chi connectivity index (χ0n) is 20.7. The van der Waals surface area contributed by atoms with Crippen molar-refractivity contribution >= 4 is 29.9 Å². The zero-order chi connectivity index (χ0) is 20.9. The van der Waals surface area contributed by atoms with E-state index < -0.39 is 0 Å². The van der Waals surface area contributed by atoms with Crippen LogP contribution in [-0.2, 0) is 9.53 Å². The van der Waals surface area contributed by atoms with E-state index in [1.54, 1.807) is 0 Å². The van der Waals surface area contributed by atoms with E-state index in [2.05, 4.69) is 27.7 Å². The molecule has 0 atom stereocenters. The van der Waals surface area contributed by atoms with Crippen LogP contribution in [0.25, 0.3) is 0 Å². The average Bonchev–Trinajstić information content (AvgIpc) is 2.71. The van der Waals surface area contributed by atoms with E-state index in [-0.39, 0.29) is 35.3 Å². The van der Waals surface area contributed by atoms with Gasteiger partial charge in [0.2, 0.25) is 0 Å². The first kappa shape index (κ1) is 31.5. The van der Waals surface area contributed by atoms with Crippen LogP contribution >= 0.6 is 0 Å². The summed E-state index contributed by atoms with van der Waals surface area (Å²) in [5.41, 5.74) is -0.222. The summed E-state index contributed by atoms with van der Waals surface area (Å²) in [6.45, 7) is 9.56. The molecule has 174 valence electrons. The molecule has 0 aliphatic carbocycles. The Balaban J connectivity index is 0. The molecular weight excluding hydrogens is 463 g/mol. The zero-order valence-corrected chi connectivity index (χ0v) is 24.7.